The van der Waals surface area contributed by atoms with Gasteiger partial charge in [-0.25, -0.2) is 0 Å². The van der Waals surface area contributed by atoms with Crippen molar-refractivity contribution in [1.29, 1.82) is 0 Å². The molecule has 0 aliphatic rings. The van der Waals surface area contributed by atoms with Crippen LogP contribution in [0.1, 0.15) is 27.2 Å². The van der Waals surface area contributed by atoms with E-state index in [1.807, 2.05) is 30.3 Å². The Morgan fingerprint density at radius 1 is 1.25 bits per heavy atom. The SMILES string of the molecule is CC(C)(C)C[C@@H](CO)Nc1noc(-c2ccccc2)n1. The average molecular weight is 275 g/mol. The van der Waals surface area contributed by atoms with E-state index in [2.05, 4.69) is 36.2 Å². The maximum absolute atomic E-state index is 9.43. The van der Waals surface area contributed by atoms with Gasteiger partial charge in [0.1, 0.15) is 0 Å². The summed E-state index contributed by atoms with van der Waals surface area (Å²) in [6.45, 7) is 6.42. The third kappa shape index (κ3) is 4.06. The topological polar surface area (TPSA) is 71.2 Å². The molecule has 1 atom stereocenters. The lowest BCUT2D eigenvalue weighted by Crippen LogP contribution is -2.29. The average Bonchev–Trinajstić information content (AvgIpc) is 2.86. The fourth-order valence-corrected chi connectivity index (χ4v) is 2.06. The molecule has 0 radical (unpaired) electrons. The fraction of sp³-hybridized carbons (Fsp3) is 0.467. The highest BCUT2D eigenvalue weighted by Crippen LogP contribution is 2.23. The summed E-state index contributed by atoms with van der Waals surface area (Å²) in [6, 6.07) is 9.51. The first-order valence-electron chi connectivity index (χ1n) is 6.74. The summed E-state index contributed by atoms with van der Waals surface area (Å²) in [4.78, 5) is 4.30. The smallest absolute Gasteiger partial charge is 0.264 e. The lowest BCUT2D eigenvalue weighted by atomic mass is 9.88. The van der Waals surface area contributed by atoms with Crippen molar-refractivity contribution in [3.8, 4) is 11.5 Å². The zero-order valence-electron chi connectivity index (χ0n) is 12.1. The maximum Gasteiger partial charge on any atom is 0.264 e. The number of nitrogens with one attached hydrogen (secondary N) is 1. The molecule has 2 rings (SSSR count). The van der Waals surface area contributed by atoms with E-state index in [1.54, 1.807) is 0 Å². The van der Waals surface area contributed by atoms with Crippen LogP contribution in [0, 0.1) is 5.41 Å². The molecule has 1 heterocycles. The molecule has 5 heteroatoms. The van der Waals surface area contributed by atoms with Crippen molar-refractivity contribution < 1.29 is 9.63 Å². The highest BCUT2D eigenvalue weighted by atomic mass is 16.5. The van der Waals surface area contributed by atoms with Crippen LogP contribution in [-0.2, 0) is 0 Å². The summed E-state index contributed by atoms with van der Waals surface area (Å²) in [5.41, 5.74) is 0.997. The molecule has 2 N–H and O–H groups in total. The second kappa shape index (κ2) is 6.05. The zero-order chi connectivity index (χ0) is 14.6. The Morgan fingerprint density at radius 2 is 1.95 bits per heavy atom. The molecule has 0 fully saturated rings. The molecule has 0 saturated heterocycles. The Labute approximate surface area is 119 Å². The summed E-state index contributed by atoms with van der Waals surface area (Å²) in [6.07, 6.45) is 0.818. The maximum atomic E-state index is 9.43. The van der Waals surface area contributed by atoms with Crippen LogP contribution >= 0.6 is 0 Å². The minimum absolute atomic E-state index is 0.0342. The van der Waals surface area contributed by atoms with Gasteiger partial charge in [-0.15, -0.1) is 0 Å². The Bertz CT molecular complexity index is 532. The highest BCUT2D eigenvalue weighted by molar-refractivity contribution is 5.53. The summed E-state index contributed by atoms with van der Waals surface area (Å²) in [7, 11) is 0. The molecule has 108 valence electrons. The van der Waals surface area contributed by atoms with Crippen LogP contribution in [0.5, 0.6) is 0 Å². The number of benzene rings is 1. The number of aliphatic hydroxyl groups is 1. The third-order valence-electron chi connectivity index (χ3n) is 2.86. The number of aromatic nitrogens is 2. The first kappa shape index (κ1) is 14.5. The van der Waals surface area contributed by atoms with Gasteiger partial charge in [-0.2, -0.15) is 4.98 Å². The molecule has 1 aromatic carbocycles. The lowest BCUT2D eigenvalue weighted by Gasteiger charge is -2.24. The van der Waals surface area contributed by atoms with Crippen molar-refractivity contribution in [3.63, 3.8) is 0 Å². The van der Waals surface area contributed by atoms with E-state index in [0.717, 1.165) is 12.0 Å². The van der Waals surface area contributed by atoms with Gasteiger partial charge in [0, 0.05) is 5.56 Å². The quantitative estimate of drug-likeness (QED) is 0.877. The van der Waals surface area contributed by atoms with Crippen LogP contribution in [-0.4, -0.2) is 27.9 Å². The predicted octanol–water partition coefficient (Wildman–Crippen LogP) is 2.95. The highest BCUT2D eigenvalue weighted by Gasteiger charge is 2.20. The molecular formula is C15H21N3O2. The van der Waals surface area contributed by atoms with E-state index >= 15 is 0 Å². The molecule has 0 amide bonds. The normalized spacial score (nSPS) is 13.2. The van der Waals surface area contributed by atoms with Gasteiger partial charge in [0.2, 0.25) is 0 Å². The number of rotatable bonds is 5. The first-order valence-corrected chi connectivity index (χ1v) is 6.74. The Morgan fingerprint density at radius 3 is 2.55 bits per heavy atom. The molecule has 20 heavy (non-hydrogen) atoms. The Balaban J connectivity index is 2.05. The van der Waals surface area contributed by atoms with E-state index in [4.69, 9.17) is 4.52 Å². The third-order valence-corrected chi connectivity index (χ3v) is 2.86. The summed E-state index contributed by atoms with van der Waals surface area (Å²) in [5.74, 6) is 0.882. The van der Waals surface area contributed by atoms with E-state index < -0.39 is 0 Å². The van der Waals surface area contributed by atoms with E-state index in [1.165, 1.54) is 0 Å². The van der Waals surface area contributed by atoms with Gasteiger partial charge in [0.15, 0.2) is 0 Å². The van der Waals surface area contributed by atoms with Crippen LogP contribution in [0.3, 0.4) is 0 Å². The molecule has 0 spiro atoms. The number of hydrogen-bond donors (Lipinski definition) is 2. The fourth-order valence-electron chi connectivity index (χ4n) is 2.06. The minimum atomic E-state index is -0.0868. The van der Waals surface area contributed by atoms with Gasteiger partial charge in [-0.3, -0.25) is 0 Å². The van der Waals surface area contributed by atoms with Gasteiger partial charge in [0.05, 0.1) is 12.6 Å². The molecule has 0 aliphatic heterocycles. The molecule has 0 saturated carbocycles. The zero-order valence-corrected chi connectivity index (χ0v) is 12.1. The summed E-state index contributed by atoms with van der Waals surface area (Å²) in [5, 5.41) is 16.4. The second-order valence-electron chi connectivity index (χ2n) is 6.08. The molecule has 0 unspecified atom stereocenters. The van der Waals surface area contributed by atoms with Crippen molar-refractivity contribution in [1.82, 2.24) is 10.1 Å². The van der Waals surface area contributed by atoms with Gasteiger partial charge >= 0.3 is 0 Å². The van der Waals surface area contributed by atoms with Gasteiger partial charge in [0.25, 0.3) is 11.8 Å². The van der Waals surface area contributed by atoms with E-state index in [0.29, 0.717) is 11.8 Å². The molecular weight excluding hydrogens is 254 g/mol. The first-order chi connectivity index (χ1) is 9.48. The van der Waals surface area contributed by atoms with Crippen LogP contribution in [0.15, 0.2) is 34.9 Å². The van der Waals surface area contributed by atoms with Gasteiger partial charge < -0.3 is 14.9 Å². The molecule has 0 aliphatic carbocycles. The van der Waals surface area contributed by atoms with Crippen LogP contribution < -0.4 is 5.32 Å². The summed E-state index contributed by atoms with van der Waals surface area (Å²) >= 11 is 0. The second-order valence-corrected chi connectivity index (χ2v) is 6.08. The number of aliphatic hydroxyl groups excluding tert-OH is 1. The molecule has 1 aromatic heterocycles. The van der Waals surface area contributed by atoms with Crippen molar-refractivity contribution in [2.75, 3.05) is 11.9 Å². The molecule has 2 aromatic rings. The lowest BCUT2D eigenvalue weighted by molar-refractivity contribution is 0.233. The van der Waals surface area contributed by atoms with Crippen LogP contribution in [0.4, 0.5) is 5.95 Å². The van der Waals surface area contributed by atoms with Gasteiger partial charge in [-0.05, 0) is 29.1 Å². The van der Waals surface area contributed by atoms with Crippen molar-refractivity contribution in [2.45, 2.75) is 33.2 Å². The summed E-state index contributed by atoms with van der Waals surface area (Å²) < 4.78 is 5.22. The monoisotopic (exact) mass is 275 g/mol. The largest absolute Gasteiger partial charge is 0.394 e. The molecule has 0 bridgehead atoms. The Kier molecular flexibility index (Phi) is 4.39. The Hall–Kier alpha value is -1.88. The molecule has 5 nitrogen and oxygen atoms in total. The van der Waals surface area contributed by atoms with E-state index in [-0.39, 0.29) is 18.1 Å². The van der Waals surface area contributed by atoms with Gasteiger partial charge in [-0.1, -0.05) is 39.0 Å². The van der Waals surface area contributed by atoms with Crippen LogP contribution in [0.2, 0.25) is 0 Å². The number of nitrogens with zero attached hydrogens (tertiary/aromatic N) is 2. The van der Waals surface area contributed by atoms with Crippen molar-refractivity contribution in [2.24, 2.45) is 5.41 Å². The number of anilines is 1. The van der Waals surface area contributed by atoms with E-state index in [9.17, 15) is 5.11 Å². The predicted molar refractivity (Wildman–Crippen MR) is 78.3 cm³/mol. The van der Waals surface area contributed by atoms with Crippen LogP contribution in [0.25, 0.3) is 11.5 Å². The standard InChI is InChI=1S/C15H21N3O2/c1-15(2,3)9-12(10-19)16-14-17-13(20-18-14)11-7-5-4-6-8-11/h4-8,12,19H,9-10H2,1-3H3,(H,16,18)/t12-/m0/s1. The van der Waals surface area contributed by atoms with Crippen molar-refractivity contribution >= 4 is 5.95 Å². The number of hydrogen-bond acceptors (Lipinski definition) is 5. The van der Waals surface area contributed by atoms with Crippen molar-refractivity contribution in [3.05, 3.63) is 30.3 Å². The minimum Gasteiger partial charge on any atom is -0.394 e.